The van der Waals surface area contributed by atoms with Crippen molar-refractivity contribution < 1.29 is 28.6 Å². The maximum atomic E-state index is 12.8. The van der Waals surface area contributed by atoms with E-state index >= 15 is 0 Å². The first kappa shape index (κ1) is 64.6. The molecular weight excluding hydrogens is 841 g/mol. The van der Waals surface area contributed by atoms with Gasteiger partial charge in [-0.05, 0) is 116 Å². The monoisotopic (exact) mass is 947 g/mol. The van der Waals surface area contributed by atoms with Gasteiger partial charge in [0.2, 0.25) is 0 Å². The summed E-state index contributed by atoms with van der Waals surface area (Å²) in [4.78, 5) is 38.1. The largest absolute Gasteiger partial charge is 0.462 e. The highest BCUT2D eigenvalue weighted by Crippen LogP contribution is 2.14. The van der Waals surface area contributed by atoms with Crippen LogP contribution in [0.15, 0.2) is 85.1 Å². The Balaban J connectivity index is 4.47. The van der Waals surface area contributed by atoms with E-state index in [1.165, 1.54) is 116 Å². The second-order valence-corrected chi connectivity index (χ2v) is 18.8. The third kappa shape index (κ3) is 53.5. The lowest BCUT2D eigenvalue weighted by atomic mass is 10.1. The highest BCUT2D eigenvalue weighted by molar-refractivity contribution is 5.71. The van der Waals surface area contributed by atoms with E-state index in [9.17, 15) is 14.4 Å². The summed E-state index contributed by atoms with van der Waals surface area (Å²) >= 11 is 0. The molecule has 0 aromatic carbocycles. The number of unbranched alkanes of at least 4 members (excludes halogenated alkanes) is 26. The lowest BCUT2D eigenvalue weighted by Gasteiger charge is -2.18. The molecule has 0 rings (SSSR count). The highest BCUT2D eigenvalue weighted by Gasteiger charge is 2.19. The van der Waals surface area contributed by atoms with E-state index in [1.807, 2.05) is 0 Å². The molecule has 0 N–H and O–H groups in total. The summed E-state index contributed by atoms with van der Waals surface area (Å²) in [5, 5.41) is 0. The summed E-state index contributed by atoms with van der Waals surface area (Å²) in [7, 11) is 0. The fourth-order valence-corrected chi connectivity index (χ4v) is 7.81. The van der Waals surface area contributed by atoms with Crippen LogP contribution >= 0.6 is 0 Å². The van der Waals surface area contributed by atoms with Crippen LogP contribution in [0.2, 0.25) is 0 Å². The Hall–Kier alpha value is -3.41. The SMILES string of the molecule is CC/C=C\C/C=C\C/C=C\C/C=C\C/C=C\CCCCCC(=O)OC[C@@H](COC(=O)CCCCCCC/C=C\CCCCCCCC)OC(=O)CCCCCCC/C=C\CCCCCCCCC. The second-order valence-electron chi connectivity index (χ2n) is 18.8. The van der Waals surface area contributed by atoms with Gasteiger partial charge < -0.3 is 14.2 Å². The molecule has 0 spiro atoms. The molecule has 0 aromatic rings. The minimum atomic E-state index is -0.798. The average Bonchev–Trinajstić information content (AvgIpc) is 3.34. The molecule has 0 aliphatic heterocycles. The molecule has 0 heterocycles. The number of rotatable bonds is 51. The van der Waals surface area contributed by atoms with Gasteiger partial charge in [-0.15, -0.1) is 0 Å². The summed E-state index contributed by atoms with van der Waals surface area (Å²) in [6.45, 7) is 6.49. The molecule has 0 saturated heterocycles. The molecule has 0 saturated carbocycles. The van der Waals surface area contributed by atoms with Gasteiger partial charge in [0.15, 0.2) is 6.10 Å². The first-order valence-electron chi connectivity index (χ1n) is 28.6. The van der Waals surface area contributed by atoms with Gasteiger partial charge in [0, 0.05) is 19.3 Å². The number of hydrogen-bond acceptors (Lipinski definition) is 6. The van der Waals surface area contributed by atoms with E-state index in [-0.39, 0.29) is 31.1 Å². The van der Waals surface area contributed by atoms with Crippen LogP contribution in [-0.4, -0.2) is 37.2 Å². The van der Waals surface area contributed by atoms with E-state index in [2.05, 4.69) is 106 Å². The zero-order valence-electron chi connectivity index (χ0n) is 44.6. The van der Waals surface area contributed by atoms with Crippen LogP contribution in [0.25, 0.3) is 0 Å². The molecule has 0 bridgehead atoms. The normalized spacial score (nSPS) is 12.7. The van der Waals surface area contributed by atoms with Crippen molar-refractivity contribution in [1.82, 2.24) is 0 Å². The van der Waals surface area contributed by atoms with E-state index in [0.29, 0.717) is 19.3 Å². The summed E-state index contributed by atoms with van der Waals surface area (Å²) in [5.74, 6) is -0.939. The van der Waals surface area contributed by atoms with Crippen LogP contribution in [-0.2, 0) is 28.6 Å². The van der Waals surface area contributed by atoms with Crippen molar-refractivity contribution in [3.05, 3.63) is 85.1 Å². The number of ether oxygens (including phenoxy) is 3. The van der Waals surface area contributed by atoms with Gasteiger partial charge in [-0.25, -0.2) is 0 Å². The molecule has 0 unspecified atom stereocenters. The summed E-state index contributed by atoms with van der Waals surface area (Å²) in [6, 6.07) is 0. The Bertz CT molecular complexity index is 1320. The number of esters is 3. The van der Waals surface area contributed by atoms with Gasteiger partial charge in [0.1, 0.15) is 13.2 Å². The minimum absolute atomic E-state index is 0.0946. The van der Waals surface area contributed by atoms with E-state index in [0.717, 1.165) is 116 Å². The first-order chi connectivity index (χ1) is 33.5. The van der Waals surface area contributed by atoms with Gasteiger partial charge in [-0.2, -0.15) is 0 Å². The maximum Gasteiger partial charge on any atom is 0.306 e. The third-order valence-corrected chi connectivity index (χ3v) is 12.1. The third-order valence-electron chi connectivity index (χ3n) is 12.1. The number of hydrogen-bond donors (Lipinski definition) is 0. The molecular formula is C62H106O6. The summed E-state index contributed by atoms with van der Waals surface area (Å²) in [6.07, 6.45) is 72.8. The molecule has 0 aromatic heterocycles. The van der Waals surface area contributed by atoms with Crippen molar-refractivity contribution in [2.24, 2.45) is 0 Å². The maximum absolute atomic E-state index is 12.8. The molecule has 0 radical (unpaired) electrons. The quantitative estimate of drug-likeness (QED) is 0.0262. The first-order valence-corrected chi connectivity index (χ1v) is 28.6. The van der Waals surface area contributed by atoms with Gasteiger partial charge in [-0.3, -0.25) is 14.4 Å². The number of allylic oxidation sites excluding steroid dienone is 14. The Morgan fingerprint density at radius 1 is 0.309 bits per heavy atom. The molecule has 1 atom stereocenters. The van der Waals surface area contributed by atoms with Crippen molar-refractivity contribution in [2.45, 2.75) is 277 Å². The van der Waals surface area contributed by atoms with Crippen molar-refractivity contribution in [1.29, 1.82) is 0 Å². The molecule has 68 heavy (non-hydrogen) atoms. The van der Waals surface area contributed by atoms with E-state index in [4.69, 9.17) is 14.2 Å². The van der Waals surface area contributed by atoms with Crippen LogP contribution in [0.5, 0.6) is 0 Å². The molecule has 0 aliphatic carbocycles. The number of carbonyl (C=O) groups excluding carboxylic acids is 3. The smallest absolute Gasteiger partial charge is 0.306 e. The zero-order valence-corrected chi connectivity index (χ0v) is 44.6. The molecule has 0 aliphatic rings. The van der Waals surface area contributed by atoms with Crippen LogP contribution in [0.1, 0.15) is 271 Å². The van der Waals surface area contributed by atoms with Crippen molar-refractivity contribution in [2.75, 3.05) is 13.2 Å². The van der Waals surface area contributed by atoms with Crippen molar-refractivity contribution >= 4 is 17.9 Å². The van der Waals surface area contributed by atoms with Crippen LogP contribution < -0.4 is 0 Å². The summed E-state index contributed by atoms with van der Waals surface area (Å²) < 4.78 is 16.8. The van der Waals surface area contributed by atoms with Gasteiger partial charge in [0.25, 0.3) is 0 Å². The number of carbonyl (C=O) groups is 3. The summed E-state index contributed by atoms with van der Waals surface area (Å²) in [5.41, 5.74) is 0. The Labute approximate surface area is 420 Å². The van der Waals surface area contributed by atoms with Gasteiger partial charge >= 0.3 is 17.9 Å². The molecule has 6 nitrogen and oxygen atoms in total. The van der Waals surface area contributed by atoms with Crippen LogP contribution in [0.3, 0.4) is 0 Å². The lowest BCUT2D eigenvalue weighted by Crippen LogP contribution is -2.30. The fraction of sp³-hybridized carbons (Fsp3) is 0.726. The fourth-order valence-electron chi connectivity index (χ4n) is 7.81. The Morgan fingerprint density at radius 3 is 0.926 bits per heavy atom. The Kier molecular flexibility index (Phi) is 53.4. The predicted molar refractivity (Wildman–Crippen MR) is 293 cm³/mol. The molecule has 6 heteroatoms. The van der Waals surface area contributed by atoms with E-state index < -0.39 is 6.10 Å². The van der Waals surface area contributed by atoms with Crippen molar-refractivity contribution in [3.63, 3.8) is 0 Å². The molecule has 0 fully saturated rings. The molecule has 0 amide bonds. The van der Waals surface area contributed by atoms with Crippen molar-refractivity contribution in [3.8, 4) is 0 Å². The van der Waals surface area contributed by atoms with E-state index in [1.54, 1.807) is 0 Å². The zero-order chi connectivity index (χ0) is 49.3. The van der Waals surface area contributed by atoms with Gasteiger partial charge in [-0.1, -0.05) is 221 Å². The Morgan fingerprint density at radius 2 is 0.574 bits per heavy atom. The molecule has 390 valence electrons. The lowest BCUT2D eigenvalue weighted by molar-refractivity contribution is -0.167. The van der Waals surface area contributed by atoms with Crippen LogP contribution in [0, 0.1) is 0 Å². The second kappa shape index (κ2) is 56.2. The standard InChI is InChI=1S/C62H106O6/c1-4-7-10-13-16-19-22-25-28-30-31-32-35-37-40-43-46-49-52-55-61(64)67-58-59(57-66-60(63)54-51-48-45-42-39-36-33-27-24-21-18-15-12-9-6-3)68-62(65)56-53-50-47-44-41-38-34-29-26-23-20-17-14-11-8-5-2/h7,10,16,19,25,27-29,31-34,37,40,59H,4-6,8-9,11-15,17-18,20-24,26,30,35-36,38-39,41-58H2,1-3H3/b10-7-,19-16-,28-25-,32-31-,33-27-,34-29-,40-37-/t59-/m1/s1. The average molecular weight is 948 g/mol. The van der Waals surface area contributed by atoms with Gasteiger partial charge in [0.05, 0.1) is 0 Å². The highest BCUT2D eigenvalue weighted by atomic mass is 16.6. The van der Waals surface area contributed by atoms with Crippen LogP contribution in [0.4, 0.5) is 0 Å². The minimum Gasteiger partial charge on any atom is -0.462 e. The predicted octanol–water partition coefficient (Wildman–Crippen LogP) is 19.2. The topological polar surface area (TPSA) is 78.9 Å².